The Kier molecular flexibility index (Phi) is 3.23. The molecule has 2 heterocycles. The highest BCUT2D eigenvalue weighted by Gasteiger charge is 2.49. The maximum Gasteiger partial charge on any atom is 0.165 e. The van der Waals surface area contributed by atoms with Gasteiger partial charge < -0.3 is 4.90 Å². The van der Waals surface area contributed by atoms with Gasteiger partial charge in [-0.2, -0.15) is 0 Å². The van der Waals surface area contributed by atoms with Gasteiger partial charge in [0.1, 0.15) is 4.87 Å². The van der Waals surface area contributed by atoms with Crippen LogP contribution in [0.25, 0.3) is 0 Å². The van der Waals surface area contributed by atoms with E-state index < -0.39 is 0 Å². The van der Waals surface area contributed by atoms with Gasteiger partial charge in [-0.3, -0.25) is 0 Å². The van der Waals surface area contributed by atoms with E-state index in [1.54, 1.807) is 11.8 Å². The molecule has 4 rings (SSSR count). The first-order valence-corrected chi connectivity index (χ1v) is 9.26. The Morgan fingerprint density at radius 1 is 1.10 bits per heavy atom. The summed E-state index contributed by atoms with van der Waals surface area (Å²) in [4.78, 5) is 7.23. The van der Waals surface area contributed by atoms with Crippen molar-refractivity contribution in [2.75, 3.05) is 18.6 Å². The Bertz CT molecular complexity index is 699. The SMILES string of the molecule is CSC1=Nc2ccccc2C2(c3ccccc3)SCCN12. The van der Waals surface area contributed by atoms with Gasteiger partial charge in [-0.25, -0.2) is 4.99 Å². The molecule has 0 aliphatic carbocycles. The van der Waals surface area contributed by atoms with Gasteiger partial charge in [0.25, 0.3) is 0 Å². The summed E-state index contributed by atoms with van der Waals surface area (Å²) in [6.07, 6.45) is 2.12. The standard InChI is InChI=1S/C17H16N2S2/c1-20-16-18-15-10-6-5-9-14(15)17(19(16)11-12-21-17)13-7-3-2-4-8-13/h2-10H,11-12H2,1H3. The molecule has 2 aliphatic rings. The molecule has 21 heavy (non-hydrogen) atoms. The van der Waals surface area contributed by atoms with Crippen LogP contribution in [-0.2, 0) is 4.87 Å². The fourth-order valence-electron chi connectivity index (χ4n) is 3.21. The summed E-state index contributed by atoms with van der Waals surface area (Å²) in [5.41, 5.74) is 3.77. The van der Waals surface area contributed by atoms with Crippen molar-refractivity contribution in [3.8, 4) is 0 Å². The minimum absolute atomic E-state index is 0.113. The summed E-state index contributed by atoms with van der Waals surface area (Å²) in [6, 6.07) is 19.4. The van der Waals surface area contributed by atoms with Crippen LogP contribution in [-0.4, -0.2) is 28.6 Å². The molecule has 2 aromatic rings. The number of thioether (sulfide) groups is 2. The smallest absolute Gasteiger partial charge is 0.165 e. The van der Waals surface area contributed by atoms with Crippen molar-refractivity contribution >= 4 is 34.4 Å². The second kappa shape index (κ2) is 5.11. The molecular weight excluding hydrogens is 296 g/mol. The average Bonchev–Trinajstić information content (AvgIpc) is 3.01. The molecule has 106 valence electrons. The van der Waals surface area contributed by atoms with E-state index in [9.17, 15) is 0 Å². The Labute approximate surface area is 133 Å². The Morgan fingerprint density at radius 3 is 2.67 bits per heavy atom. The van der Waals surface area contributed by atoms with Crippen LogP contribution in [0.3, 0.4) is 0 Å². The van der Waals surface area contributed by atoms with E-state index in [0.29, 0.717) is 0 Å². The van der Waals surface area contributed by atoms with Gasteiger partial charge in [0.2, 0.25) is 0 Å². The van der Waals surface area contributed by atoms with Gasteiger partial charge in [-0.05, 0) is 17.9 Å². The van der Waals surface area contributed by atoms with E-state index >= 15 is 0 Å². The number of rotatable bonds is 1. The van der Waals surface area contributed by atoms with E-state index in [1.165, 1.54) is 11.1 Å². The first kappa shape index (κ1) is 13.3. The van der Waals surface area contributed by atoms with Crippen molar-refractivity contribution in [2.24, 2.45) is 4.99 Å². The van der Waals surface area contributed by atoms with Gasteiger partial charge in [-0.1, -0.05) is 60.3 Å². The van der Waals surface area contributed by atoms with E-state index in [2.05, 4.69) is 65.8 Å². The fourth-order valence-corrected chi connectivity index (χ4v) is 5.44. The zero-order valence-corrected chi connectivity index (χ0v) is 13.5. The minimum Gasteiger partial charge on any atom is -0.328 e. The van der Waals surface area contributed by atoms with Gasteiger partial charge >= 0.3 is 0 Å². The average molecular weight is 312 g/mol. The van der Waals surface area contributed by atoms with Crippen LogP contribution in [0.5, 0.6) is 0 Å². The molecule has 0 spiro atoms. The third kappa shape index (κ3) is 1.86. The van der Waals surface area contributed by atoms with Crippen molar-refractivity contribution in [2.45, 2.75) is 4.87 Å². The number of nitrogens with zero attached hydrogens (tertiary/aromatic N) is 2. The highest BCUT2D eigenvalue weighted by Crippen LogP contribution is 2.55. The molecule has 2 nitrogen and oxygen atoms in total. The minimum atomic E-state index is -0.113. The predicted octanol–water partition coefficient (Wildman–Crippen LogP) is 4.30. The van der Waals surface area contributed by atoms with Crippen molar-refractivity contribution in [1.29, 1.82) is 0 Å². The highest BCUT2D eigenvalue weighted by atomic mass is 32.2. The Morgan fingerprint density at radius 2 is 1.86 bits per heavy atom. The van der Waals surface area contributed by atoms with Crippen LogP contribution in [0.2, 0.25) is 0 Å². The molecule has 0 saturated carbocycles. The lowest BCUT2D eigenvalue weighted by Gasteiger charge is -2.43. The third-order valence-electron chi connectivity index (χ3n) is 4.07. The zero-order valence-electron chi connectivity index (χ0n) is 11.8. The van der Waals surface area contributed by atoms with Gasteiger partial charge in [0, 0.05) is 17.9 Å². The van der Waals surface area contributed by atoms with Gasteiger partial charge in [0.05, 0.1) is 5.69 Å². The Balaban J connectivity index is 2.01. The number of hydrogen-bond donors (Lipinski definition) is 0. The van der Waals surface area contributed by atoms with Crippen LogP contribution in [0.4, 0.5) is 5.69 Å². The second-order valence-corrected chi connectivity index (χ2v) is 7.19. The normalized spacial score (nSPS) is 23.5. The van der Waals surface area contributed by atoms with Gasteiger partial charge in [-0.15, -0.1) is 11.8 Å². The lowest BCUT2D eigenvalue weighted by Crippen LogP contribution is -2.45. The van der Waals surface area contributed by atoms with Crippen molar-refractivity contribution in [3.63, 3.8) is 0 Å². The topological polar surface area (TPSA) is 15.6 Å². The number of benzene rings is 2. The maximum atomic E-state index is 4.87. The molecule has 0 amide bonds. The van der Waals surface area contributed by atoms with Crippen LogP contribution in [0, 0.1) is 0 Å². The molecule has 0 bridgehead atoms. The first-order valence-electron chi connectivity index (χ1n) is 7.05. The second-order valence-electron chi connectivity index (χ2n) is 5.13. The summed E-state index contributed by atoms with van der Waals surface area (Å²) in [7, 11) is 0. The molecule has 0 radical (unpaired) electrons. The zero-order chi connectivity index (χ0) is 14.3. The molecule has 2 aromatic carbocycles. The molecule has 1 unspecified atom stereocenters. The van der Waals surface area contributed by atoms with Crippen LogP contribution in [0.15, 0.2) is 59.6 Å². The lowest BCUT2D eigenvalue weighted by molar-refractivity contribution is 0.363. The Hall–Kier alpha value is -1.39. The van der Waals surface area contributed by atoms with E-state index in [-0.39, 0.29) is 4.87 Å². The molecule has 1 fully saturated rings. The first-order chi connectivity index (χ1) is 10.4. The summed E-state index contributed by atoms with van der Waals surface area (Å²) >= 11 is 3.76. The van der Waals surface area contributed by atoms with E-state index in [4.69, 9.17) is 4.99 Å². The summed E-state index contributed by atoms with van der Waals surface area (Å²) in [6.45, 7) is 1.05. The molecule has 2 aliphatic heterocycles. The molecule has 0 N–H and O–H groups in total. The molecule has 1 saturated heterocycles. The van der Waals surface area contributed by atoms with Crippen molar-refractivity contribution in [3.05, 3.63) is 65.7 Å². The third-order valence-corrected chi connectivity index (χ3v) is 6.23. The van der Waals surface area contributed by atoms with Crippen LogP contribution < -0.4 is 0 Å². The van der Waals surface area contributed by atoms with E-state index in [1.807, 2.05) is 11.8 Å². The molecular formula is C17H16N2S2. The fraction of sp³-hybridized carbons (Fsp3) is 0.235. The van der Waals surface area contributed by atoms with Crippen molar-refractivity contribution in [1.82, 2.24) is 4.90 Å². The summed E-state index contributed by atoms with van der Waals surface area (Å²) < 4.78 is 0. The number of hydrogen-bond acceptors (Lipinski definition) is 4. The molecule has 0 aromatic heterocycles. The maximum absolute atomic E-state index is 4.87. The molecule has 4 heteroatoms. The summed E-state index contributed by atoms with van der Waals surface area (Å²) in [5, 5.41) is 1.13. The number of fused-ring (bicyclic) bond motifs is 3. The lowest BCUT2D eigenvalue weighted by atomic mass is 9.94. The van der Waals surface area contributed by atoms with Crippen LogP contribution in [0.1, 0.15) is 11.1 Å². The highest BCUT2D eigenvalue weighted by molar-refractivity contribution is 8.13. The van der Waals surface area contributed by atoms with E-state index in [0.717, 1.165) is 23.2 Å². The largest absolute Gasteiger partial charge is 0.328 e. The van der Waals surface area contributed by atoms with Crippen LogP contribution >= 0.6 is 23.5 Å². The molecule has 1 atom stereocenters. The van der Waals surface area contributed by atoms with Gasteiger partial charge in [0.15, 0.2) is 5.17 Å². The predicted molar refractivity (Wildman–Crippen MR) is 93.4 cm³/mol. The summed E-state index contributed by atoms with van der Waals surface area (Å²) in [5.74, 6) is 1.13. The number of aliphatic imine (C=N–C) groups is 1. The number of amidine groups is 1. The number of para-hydroxylation sites is 1. The monoisotopic (exact) mass is 312 g/mol. The quantitative estimate of drug-likeness (QED) is 0.781. The van der Waals surface area contributed by atoms with Crippen molar-refractivity contribution < 1.29 is 0 Å².